The van der Waals surface area contributed by atoms with Gasteiger partial charge in [-0.05, 0) is 13.8 Å². The first-order valence-electron chi connectivity index (χ1n) is 5.15. The molecule has 1 rings (SSSR count). The van der Waals surface area contributed by atoms with Crippen molar-refractivity contribution in [2.24, 2.45) is 12.8 Å². The van der Waals surface area contributed by atoms with Crippen LogP contribution in [0.15, 0.2) is 11.2 Å². The van der Waals surface area contributed by atoms with Gasteiger partial charge in [0.2, 0.25) is 0 Å². The van der Waals surface area contributed by atoms with Crippen LogP contribution >= 0.6 is 23.8 Å². The van der Waals surface area contributed by atoms with Gasteiger partial charge in [-0.25, -0.2) is 8.42 Å². The standard InChI is InChI=1S/C9H15ClN4O2S2/c1-6(2)14(5-8(11)17)18(15,16)9-7(10)4-12-13(9)3/h4,6H,5H2,1-3H3,(H2,11,17). The first-order chi connectivity index (χ1) is 8.17. The zero-order chi connectivity index (χ0) is 14.1. The number of hydrogen-bond acceptors (Lipinski definition) is 4. The van der Waals surface area contributed by atoms with Gasteiger partial charge >= 0.3 is 0 Å². The van der Waals surface area contributed by atoms with Crippen molar-refractivity contribution in [2.75, 3.05) is 6.54 Å². The predicted octanol–water partition coefficient (Wildman–Crippen LogP) is 0.759. The molecular weight excluding hydrogens is 296 g/mol. The molecule has 0 bridgehead atoms. The molecule has 18 heavy (non-hydrogen) atoms. The average molecular weight is 311 g/mol. The number of sulfonamides is 1. The fourth-order valence-corrected chi connectivity index (χ4v) is 3.95. The summed E-state index contributed by atoms with van der Waals surface area (Å²) in [6.45, 7) is 3.44. The number of nitrogens with two attached hydrogens (primary N) is 1. The number of rotatable bonds is 5. The van der Waals surface area contributed by atoms with Gasteiger partial charge in [-0.15, -0.1) is 0 Å². The molecule has 1 heterocycles. The van der Waals surface area contributed by atoms with Crippen molar-refractivity contribution in [2.45, 2.75) is 24.9 Å². The van der Waals surface area contributed by atoms with E-state index in [1.54, 1.807) is 13.8 Å². The Bertz CT molecular complexity index is 533. The van der Waals surface area contributed by atoms with Gasteiger partial charge in [0.05, 0.1) is 22.8 Å². The van der Waals surface area contributed by atoms with Crippen LogP contribution < -0.4 is 5.73 Å². The number of halogens is 1. The van der Waals surface area contributed by atoms with Crippen LogP contribution in [0.2, 0.25) is 5.02 Å². The molecule has 1 aromatic heterocycles. The Kier molecular flexibility index (Phi) is 4.71. The van der Waals surface area contributed by atoms with E-state index >= 15 is 0 Å². The maximum absolute atomic E-state index is 12.5. The van der Waals surface area contributed by atoms with Crippen molar-refractivity contribution < 1.29 is 8.42 Å². The van der Waals surface area contributed by atoms with E-state index in [1.165, 1.54) is 22.2 Å². The number of thiocarbonyl (C=S) groups is 1. The van der Waals surface area contributed by atoms with Gasteiger partial charge in [0.15, 0.2) is 5.03 Å². The molecule has 2 N–H and O–H groups in total. The molecule has 6 nitrogen and oxygen atoms in total. The smallest absolute Gasteiger partial charge is 0.262 e. The predicted molar refractivity (Wildman–Crippen MR) is 74.0 cm³/mol. The second-order valence-corrected chi connectivity index (χ2v) is 6.77. The molecule has 1 aromatic rings. The summed E-state index contributed by atoms with van der Waals surface area (Å²) in [6, 6.07) is -0.289. The van der Waals surface area contributed by atoms with Gasteiger partial charge in [0, 0.05) is 13.1 Å². The number of aryl methyl sites for hydroxylation is 1. The van der Waals surface area contributed by atoms with Crippen molar-refractivity contribution in [3.8, 4) is 0 Å². The fraction of sp³-hybridized carbons (Fsp3) is 0.556. The van der Waals surface area contributed by atoms with Crippen LogP contribution in [0.25, 0.3) is 0 Å². The minimum atomic E-state index is -3.78. The molecule has 0 fully saturated rings. The van der Waals surface area contributed by atoms with Crippen LogP contribution in [0.4, 0.5) is 0 Å². The molecular formula is C9H15ClN4O2S2. The lowest BCUT2D eigenvalue weighted by Gasteiger charge is -2.25. The Morgan fingerprint density at radius 2 is 2.22 bits per heavy atom. The van der Waals surface area contributed by atoms with Crippen LogP contribution in [-0.4, -0.2) is 40.1 Å². The lowest BCUT2D eigenvalue weighted by Crippen LogP contribution is -2.42. The minimum absolute atomic E-state index is 0.0309. The average Bonchev–Trinajstić information content (AvgIpc) is 2.54. The Labute approximate surface area is 117 Å². The van der Waals surface area contributed by atoms with E-state index in [1.807, 2.05) is 0 Å². The summed E-state index contributed by atoms with van der Waals surface area (Å²) >= 11 is 10.6. The van der Waals surface area contributed by atoms with Gasteiger partial charge in [-0.1, -0.05) is 23.8 Å². The Morgan fingerprint density at radius 1 is 1.67 bits per heavy atom. The maximum atomic E-state index is 12.5. The first-order valence-corrected chi connectivity index (χ1v) is 7.38. The van der Waals surface area contributed by atoms with Crippen LogP contribution in [-0.2, 0) is 17.1 Å². The highest BCUT2D eigenvalue weighted by atomic mass is 35.5. The van der Waals surface area contributed by atoms with E-state index in [0.717, 1.165) is 0 Å². The van der Waals surface area contributed by atoms with Crippen LogP contribution in [0.5, 0.6) is 0 Å². The summed E-state index contributed by atoms with van der Waals surface area (Å²) < 4.78 is 27.4. The van der Waals surface area contributed by atoms with Crippen LogP contribution in [0.1, 0.15) is 13.8 Å². The second-order valence-electron chi connectivity index (χ2n) is 4.03. The zero-order valence-corrected chi connectivity index (χ0v) is 12.7. The van der Waals surface area contributed by atoms with E-state index in [0.29, 0.717) is 0 Å². The van der Waals surface area contributed by atoms with E-state index in [2.05, 4.69) is 5.10 Å². The van der Waals surface area contributed by atoms with E-state index in [-0.39, 0.29) is 27.6 Å². The summed E-state index contributed by atoms with van der Waals surface area (Å²) in [5.41, 5.74) is 5.43. The lowest BCUT2D eigenvalue weighted by atomic mass is 10.4. The molecule has 0 amide bonds. The molecule has 0 radical (unpaired) electrons. The first kappa shape index (κ1) is 15.4. The summed E-state index contributed by atoms with van der Waals surface area (Å²) in [4.78, 5) is 0.102. The SMILES string of the molecule is CC(C)N(CC(N)=S)S(=O)(=O)c1c(Cl)cnn1C. The van der Waals surface area contributed by atoms with Crippen molar-refractivity contribution >= 4 is 38.8 Å². The Hall–Kier alpha value is -0.700. The van der Waals surface area contributed by atoms with Crippen LogP contribution in [0.3, 0.4) is 0 Å². The van der Waals surface area contributed by atoms with Crippen molar-refractivity contribution in [3.05, 3.63) is 11.2 Å². The van der Waals surface area contributed by atoms with Crippen molar-refractivity contribution in [3.63, 3.8) is 0 Å². The van der Waals surface area contributed by atoms with Gasteiger partial charge in [-0.2, -0.15) is 9.40 Å². The molecule has 0 atom stereocenters. The molecule has 0 aliphatic heterocycles. The third-order valence-electron chi connectivity index (χ3n) is 2.28. The van der Waals surface area contributed by atoms with E-state index in [9.17, 15) is 8.42 Å². The molecule has 0 unspecified atom stereocenters. The summed E-state index contributed by atoms with van der Waals surface area (Å²) in [5.74, 6) is 0. The molecule has 0 saturated heterocycles. The quantitative estimate of drug-likeness (QED) is 0.812. The third-order valence-corrected chi connectivity index (χ3v) is 4.94. The van der Waals surface area contributed by atoms with Gasteiger partial charge in [0.25, 0.3) is 10.0 Å². The fourth-order valence-electron chi connectivity index (χ4n) is 1.50. The molecule has 0 spiro atoms. The number of aromatic nitrogens is 2. The minimum Gasteiger partial charge on any atom is -0.392 e. The molecule has 0 saturated carbocycles. The number of hydrogen-bond donors (Lipinski definition) is 1. The molecule has 0 aliphatic carbocycles. The number of nitrogens with zero attached hydrogens (tertiary/aromatic N) is 3. The van der Waals surface area contributed by atoms with E-state index < -0.39 is 10.0 Å². The highest BCUT2D eigenvalue weighted by Crippen LogP contribution is 2.24. The van der Waals surface area contributed by atoms with Gasteiger partial charge in [0.1, 0.15) is 0 Å². The molecule has 0 aromatic carbocycles. The van der Waals surface area contributed by atoms with Crippen molar-refractivity contribution in [1.82, 2.24) is 14.1 Å². The summed E-state index contributed by atoms with van der Waals surface area (Å²) in [5, 5.41) is 3.83. The van der Waals surface area contributed by atoms with E-state index in [4.69, 9.17) is 29.6 Å². The monoisotopic (exact) mass is 310 g/mol. The summed E-state index contributed by atoms with van der Waals surface area (Å²) in [6.07, 6.45) is 1.29. The molecule has 9 heteroatoms. The Morgan fingerprint density at radius 3 is 2.56 bits per heavy atom. The van der Waals surface area contributed by atoms with Gasteiger partial charge < -0.3 is 5.73 Å². The highest BCUT2D eigenvalue weighted by Gasteiger charge is 2.32. The molecule has 102 valence electrons. The van der Waals surface area contributed by atoms with Gasteiger partial charge in [-0.3, -0.25) is 4.68 Å². The summed E-state index contributed by atoms with van der Waals surface area (Å²) in [7, 11) is -2.27. The lowest BCUT2D eigenvalue weighted by molar-refractivity contribution is 0.386. The maximum Gasteiger partial charge on any atom is 0.262 e. The highest BCUT2D eigenvalue weighted by molar-refractivity contribution is 7.89. The Balaban J connectivity index is 3.30. The second kappa shape index (κ2) is 5.52. The zero-order valence-electron chi connectivity index (χ0n) is 10.3. The van der Waals surface area contributed by atoms with Crippen LogP contribution in [0, 0.1) is 0 Å². The third kappa shape index (κ3) is 3.00. The molecule has 0 aliphatic rings. The van der Waals surface area contributed by atoms with Crippen molar-refractivity contribution in [1.29, 1.82) is 0 Å². The topological polar surface area (TPSA) is 81.2 Å². The largest absolute Gasteiger partial charge is 0.392 e. The normalized spacial score (nSPS) is 12.3.